The number of aliphatic hydroxyl groups is 1. The number of nitrogens with one attached hydrogen (secondary N) is 1. The van der Waals surface area contributed by atoms with Crippen LogP contribution < -0.4 is 5.32 Å². The lowest BCUT2D eigenvalue weighted by atomic mass is 10.2. The van der Waals surface area contributed by atoms with Crippen molar-refractivity contribution in [3.8, 4) is 0 Å². The summed E-state index contributed by atoms with van der Waals surface area (Å²) in [5.74, 6) is 0. The molecular weight excluding hydrogens is 275 g/mol. The van der Waals surface area contributed by atoms with Crippen LogP contribution in [0.2, 0.25) is 0 Å². The molecule has 1 heterocycles. The molecule has 118 valence electrons. The summed E-state index contributed by atoms with van der Waals surface area (Å²) in [6, 6.07) is -0.386. The molecule has 0 aromatic heterocycles. The molecule has 0 saturated carbocycles. The van der Waals surface area contributed by atoms with Crippen LogP contribution in [0.1, 0.15) is 19.3 Å². The van der Waals surface area contributed by atoms with E-state index in [9.17, 15) is 18.0 Å². The molecule has 1 unspecified atom stereocenters. The molecular formula is C12H22F3N3O2. The molecule has 2 amide bonds. The van der Waals surface area contributed by atoms with Crippen LogP contribution in [0.5, 0.6) is 0 Å². The Labute approximate surface area is 116 Å². The van der Waals surface area contributed by atoms with Gasteiger partial charge in [-0.1, -0.05) is 0 Å². The van der Waals surface area contributed by atoms with Crippen molar-refractivity contribution >= 4 is 6.03 Å². The van der Waals surface area contributed by atoms with Gasteiger partial charge in [-0.25, -0.2) is 4.79 Å². The zero-order valence-corrected chi connectivity index (χ0v) is 11.6. The number of aliphatic hydroxyl groups excluding tert-OH is 1. The second kappa shape index (κ2) is 7.68. The normalized spacial score (nSPS) is 19.7. The van der Waals surface area contributed by atoms with E-state index in [4.69, 9.17) is 5.11 Å². The number of alkyl halides is 3. The van der Waals surface area contributed by atoms with Gasteiger partial charge in [0, 0.05) is 13.1 Å². The molecule has 0 aromatic carbocycles. The molecule has 1 rings (SSSR count). The zero-order valence-electron chi connectivity index (χ0n) is 11.6. The van der Waals surface area contributed by atoms with Crippen LogP contribution in [0.3, 0.4) is 0 Å². The highest BCUT2D eigenvalue weighted by molar-refractivity contribution is 5.74. The highest BCUT2D eigenvalue weighted by Crippen LogP contribution is 2.16. The molecule has 0 aliphatic carbocycles. The Kier molecular flexibility index (Phi) is 6.54. The summed E-state index contributed by atoms with van der Waals surface area (Å²) < 4.78 is 36.3. The quantitative estimate of drug-likeness (QED) is 0.720. The maximum atomic E-state index is 12.1. The molecule has 5 nitrogen and oxygen atoms in total. The topological polar surface area (TPSA) is 55.8 Å². The molecule has 0 spiro atoms. The molecule has 1 aliphatic heterocycles. The number of carbonyl (C=O) groups excluding carboxylic acids is 1. The minimum atomic E-state index is -4.19. The van der Waals surface area contributed by atoms with Crippen LogP contribution in [0.15, 0.2) is 0 Å². The highest BCUT2D eigenvalue weighted by Gasteiger charge is 2.29. The zero-order chi connectivity index (χ0) is 15.2. The molecule has 1 saturated heterocycles. The van der Waals surface area contributed by atoms with Gasteiger partial charge < -0.3 is 15.3 Å². The maximum absolute atomic E-state index is 12.1. The van der Waals surface area contributed by atoms with Crippen LogP contribution in [0.25, 0.3) is 0 Å². The van der Waals surface area contributed by atoms with Gasteiger partial charge in [0.05, 0.1) is 19.2 Å². The fourth-order valence-corrected chi connectivity index (χ4v) is 2.32. The first-order valence-corrected chi connectivity index (χ1v) is 6.74. The minimum Gasteiger partial charge on any atom is -0.394 e. The van der Waals surface area contributed by atoms with Gasteiger partial charge in [0.15, 0.2) is 0 Å². The van der Waals surface area contributed by atoms with Crippen molar-refractivity contribution in [3.63, 3.8) is 0 Å². The number of carbonyl (C=O) groups is 1. The molecule has 1 atom stereocenters. The van der Waals surface area contributed by atoms with Gasteiger partial charge in [0.2, 0.25) is 0 Å². The Balaban J connectivity index is 2.16. The summed E-state index contributed by atoms with van der Waals surface area (Å²) >= 11 is 0. The summed E-state index contributed by atoms with van der Waals surface area (Å²) in [7, 11) is 1.40. The first-order valence-electron chi connectivity index (χ1n) is 6.74. The molecule has 20 heavy (non-hydrogen) atoms. The van der Waals surface area contributed by atoms with Gasteiger partial charge in [-0.2, -0.15) is 13.2 Å². The Hall–Kier alpha value is -1.02. The van der Waals surface area contributed by atoms with Crippen molar-refractivity contribution in [2.24, 2.45) is 0 Å². The SMILES string of the molecule is CN(CCCNC(=O)N1CCCC1CO)CC(F)(F)F. The number of halogens is 3. The molecule has 0 bridgehead atoms. The van der Waals surface area contributed by atoms with E-state index in [-0.39, 0.29) is 25.2 Å². The average molecular weight is 297 g/mol. The number of nitrogens with zero attached hydrogens (tertiary/aromatic N) is 2. The third kappa shape index (κ3) is 5.96. The molecule has 0 radical (unpaired) electrons. The van der Waals surface area contributed by atoms with E-state index in [1.165, 1.54) is 11.9 Å². The van der Waals surface area contributed by atoms with Gasteiger partial charge in [-0.3, -0.25) is 4.90 Å². The monoisotopic (exact) mass is 297 g/mol. The van der Waals surface area contributed by atoms with E-state index in [1.807, 2.05) is 0 Å². The molecule has 0 aromatic rings. The number of likely N-dealkylation sites (tertiary alicyclic amines) is 1. The van der Waals surface area contributed by atoms with E-state index in [0.717, 1.165) is 12.8 Å². The third-order valence-corrected chi connectivity index (χ3v) is 3.29. The predicted molar refractivity (Wildman–Crippen MR) is 68.4 cm³/mol. The standard InChI is InChI=1S/C12H22F3N3O2/c1-17(9-12(13,14)15)6-3-5-16-11(20)18-7-2-4-10(18)8-19/h10,19H,2-9H2,1H3,(H,16,20). The molecule has 1 fully saturated rings. The minimum absolute atomic E-state index is 0.0538. The Morgan fingerprint density at radius 3 is 2.80 bits per heavy atom. The number of hydrogen-bond acceptors (Lipinski definition) is 3. The van der Waals surface area contributed by atoms with Crippen LogP contribution in [-0.2, 0) is 0 Å². The Bertz CT molecular complexity index is 313. The first kappa shape index (κ1) is 17.0. The van der Waals surface area contributed by atoms with Gasteiger partial charge in [-0.05, 0) is 32.9 Å². The first-order chi connectivity index (χ1) is 9.33. The second-order valence-electron chi connectivity index (χ2n) is 5.11. The smallest absolute Gasteiger partial charge is 0.394 e. The second-order valence-corrected chi connectivity index (χ2v) is 5.11. The van der Waals surface area contributed by atoms with Gasteiger partial charge >= 0.3 is 12.2 Å². The lowest BCUT2D eigenvalue weighted by Crippen LogP contribution is -2.44. The lowest BCUT2D eigenvalue weighted by molar-refractivity contribution is -0.143. The highest BCUT2D eigenvalue weighted by atomic mass is 19.4. The van der Waals surface area contributed by atoms with Crippen LogP contribution in [0.4, 0.5) is 18.0 Å². The van der Waals surface area contributed by atoms with E-state index in [1.54, 1.807) is 4.90 Å². The van der Waals surface area contributed by atoms with Crippen LogP contribution in [0, 0.1) is 0 Å². The predicted octanol–water partition coefficient (Wildman–Crippen LogP) is 1.04. The van der Waals surface area contributed by atoms with Crippen molar-refractivity contribution in [1.82, 2.24) is 15.1 Å². The third-order valence-electron chi connectivity index (χ3n) is 3.29. The van der Waals surface area contributed by atoms with Crippen LogP contribution in [-0.4, -0.2) is 73.0 Å². The number of amides is 2. The number of urea groups is 1. The van der Waals surface area contributed by atoms with Crippen LogP contribution >= 0.6 is 0 Å². The van der Waals surface area contributed by atoms with E-state index in [2.05, 4.69) is 5.32 Å². The molecule has 2 N–H and O–H groups in total. The summed E-state index contributed by atoms with van der Waals surface area (Å²) in [5.41, 5.74) is 0. The number of hydrogen-bond donors (Lipinski definition) is 2. The molecule has 8 heteroatoms. The lowest BCUT2D eigenvalue weighted by Gasteiger charge is -2.23. The van der Waals surface area contributed by atoms with E-state index < -0.39 is 12.7 Å². The Morgan fingerprint density at radius 1 is 1.50 bits per heavy atom. The van der Waals surface area contributed by atoms with E-state index in [0.29, 0.717) is 19.5 Å². The van der Waals surface area contributed by atoms with Gasteiger partial charge in [-0.15, -0.1) is 0 Å². The van der Waals surface area contributed by atoms with Crippen molar-refractivity contribution in [2.75, 3.05) is 39.8 Å². The summed E-state index contributed by atoms with van der Waals surface area (Å²) in [6.45, 7) is 0.214. The van der Waals surface area contributed by atoms with E-state index >= 15 is 0 Å². The average Bonchev–Trinajstić information content (AvgIpc) is 2.80. The summed E-state index contributed by atoms with van der Waals surface area (Å²) in [6.07, 6.45) is -2.08. The fourth-order valence-electron chi connectivity index (χ4n) is 2.32. The summed E-state index contributed by atoms with van der Waals surface area (Å²) in [5, 5.41) is 11.8. The Morgan fingerprint density at radius 2 is 2.20 bits per heavy atom. The maximum Gasteiger partial charge on any atom is 0.401 e. The molecule has 1 aliphatic rings. The largest absolute Gasteiger partial charge is 0.401 e. The van der Waals surface area contributed by atoms with Crippen molar-refractivity contribution in [2.45, 2.75) is 31.5 Å². The number of rotatable bonds is 6. The van der Waals surface area contributed by atoms with Crippen molar-refractivity contribution < 1.29 is 23.1 Å². The van der Waals surface area contributed by atoms with Crippen molar-refractivity contribution in [3.05, 3.63) is 0 Å². The van der Waals surface area contributed by atoms with Gasteiger partial charge in [0.1, 0.15) is 0 Å². The van der Waals surface area contributed by atoms with Crippen molar-refractivity contribution in [1.29, 1.82) is 0 Å². The fraction of sp³-hybridized carbons (Fsp3) is 0.917. The van der Waals surface area contributed by atoms with Gasteiger partial charge in [0.25, 0.3) is 0 Å². The summed E-state index contributed by atoms with van der Waals surface area (Å²) in [4.78, 5) is 14.6.